The van der Waals surface area contributed by atoms with E-state index in [1.54, 1.807) is 0 Å². The Labute approximate surface area is 163 Å². The van der Waals surface area contributed by atoms with Crippen molar-refractivity contribution in [2.75, 3.05) is 19.6 Å². The topological polar surface area (TPSA) is 45.5 Å². The van der Waals surface area contributed by atoms with Gasteiger partial charge in [-0.25, -0.2) is 0 Å². The molecule has 1 aromatic heterocycles. The Kier molecular flexibility index (Phi) is 7.54. The lowest BCUT2D eigenvalue weighted by Gasteiger charge is -2.15. The van der Waals surface area contributed by atoms with E-state index in [1.807, 2.05) is 23.1 Å². The van der Waals surface area contributed by atoms with Crippen LogP contribution in [0, 0.1) is 6.92 Å². The molecule has 0 spiro atoms. The molecule has 6 heteroatoms. The Balaban J connectivity index is 0.00000225. The minimum Gasteiger partial charge on any atom is -0.460 e. The van der Waals surface area contributed by atoms with E-state index in [9.17, 15) is 4.79 Å². The van der Waals surface area contributed by atoms with Gasteiger partial charge < -0.3 is 14.6 Å². The summed E-state index contributed by atoms with van der Waals surface area (Å²) in [6.45, 7) is 5.45. The van der Waals surface area contributed by atoms with Gasteiger partial charge in [0, 0.05) is 29.5 Å². The fourth-order valence-electron chi connectivity index (χ4n) is 2.97. The highest BCUT2D eigenvalue weighted by Crippen LogP contribution is 2.26. The molecule has 2 heterocycles. The summed E-state index contributed by atoms with van der Waals surface area (Å²) in [5.74, 6) is 2.13. The summed E-state index contributed by atoms with van der Waals surface area (Å²) in [6.07, 6.45) is 2.71. The van der Waals surface area contributed by atoms with Crippen LogP contribution in [-0.2, 0) is 11.3 Å². The highest BCUT2D eigenvalue weighted by molar-refractivity contribution is 9.10. The Morgan fingerprint density at radius 2 is 2.12 bits per heavy atom. The molecule has 0 unspecified atom stereocenters. The van der Waals surface area contributed by atoms with Gasteiger partial charge in [-0.2, -0.15) is 0 Å². The normalized spacial score (nSPS) is 14.0. The van der Waals surface area contributed by atoms with Gasteiger partial charge in [-0.15, -0.1) is 12.4 Å². The number of amides is 1. The average molecular weight is 428 g/mol. The third kappa shape index (κ3) is 5.33. The molecular weight excluding hydrogens is 404 g/mol. The number of furan rings is 1. The van der Waals surface area contributed by atoms with Crippen LogP contribution in [0.2, 0.25) is 0 Å². The molecule has 136 valence electrons. The van der Waals surface area contributed by atoms with Gasteiger partial charge in [0.1, 0.15) is 11.5 Å². The quantitative estimate of drug-likeness (QED) is 0.660. The Morgan fingerprint density at radius 3 is 2.84 bits per heavy atom. The molecule has 1 fully saturated rings. The van der Waals surface area contributed by atoms with Crippen LogP contribution in [0.4, 0.5) is 0 Å². The number of benzene rings is 1. The van der Waals surface area contributed by atoms with Crippen molar-refractivity contribution in [1.82, 2.24) is 10.2 Å². The van der Waals surface area contributed by atoms with Crippen molar-refractivity contribution in [3.05, 3.63) is 46.1 Å². The number of carbonyl (C=O) groups excluding carboxylic acids is 1. The molecule has 2 aromatic rings. The number of nitrogens with one attached hydrogen (secondary N) is 1. The molecule has 4 nitrogen and oxygen atoms in total. The fourth-order valence-corrected chi connectivity index (χ4v) is 3.22. The summed E-state index contributed by atoms with van der Waals surface area (Å²) in [7, 11) is 0. The maximum absolute atomic E-state index is 11.5. The Morgan fingerprint density at radius 1 is 1.28 bits per heavy atom. The van der Waals surface area contributed by atoms with E-state index in [0.29, 0.717) is 12.5 Å². The number of nitrogens with zero attached hydrogens (tertiary/aromatic N) is 1. The van der Waals surface area contributed by atoms with Crippen molar-refractivity contribution in [1.29, 1.82) is 0 Å². The van der Waals surface area contributed by atoms with Crippen molar-refractivity contribution < 1.29 is 9.21 Å². The zero-order valence-corrected chi connectivity index (χ0v) is 16.8. The minimum atomic E-state index is 0. The number of carbonyl (C=O) groups is 1. The number of rotatable bonds is 7. The lowest BCUT2D eigenvalue weighted by molar-refractivity contribution is -0.127. The molecule has 0 atom stereocenters. The second-order valence-corrected chi connectivity index (χ2v) is 7.10. The van der Waals surface area contributed by atoms with Crippen LogP contribution in [0.25, 0.3) is 11.3 Å². The number of aryl methyl sites for hydroxylation is 1. The Hall–Kier alpha value is -1.30. The molecule has 0 saturated carbocycles. The predicted molar refractivity (Wildman–Crippen MR) is 106 cm³/mol. The molecule has 0 aliphatic carbocycles. The van der Waals surface area contributed by atoms with Gasteiger partial charge in [0.05, 0.1) is 6.54 Å². The number of halogens is 2. The first-order valence-corrected chi connectivity index (χ1v) is 9.26. The van der Waals surface area contributed by atoms with Gasteiger partial charge in [0.2, 0.25) is 5.91 Å². The van der Waals surface area contributed by atoms with Gasteiger partial charge in [-0.3, -0.25) is 4.79 Å². The van der Waals surface area contributed by atoms with Gasteiger partial charge in [-0.05, 0) is 56.1 Å². The van der Waals surface area contributed by atoms with Crippen molar-refractivity contribution >= 4 is 34.2 Å². The maximum atomic E-state index is 11.5. The van der Waals surface area contributed by atoms with Crippen LogP contribution < -0.4 is 5.32 Å². The summed E-state index contributed by atoms with van der Waals surface area (Å²) in [5.41, 5.74) is 2.29. The van der Waals surface area contributed by atoms with E-state index in [1.165, 1.54) is 5.56 Å². The molecular formula is C19H24BrClN2O2. The lowest BCUT2D eigenvalue weighted by atomic mass is 10.1. The third-order valence-electron chi connectivity index (χ3n) is 4.36. The van der Waals surface area contributed by atoms with Crippen LogP contribution in [0.5, 0.6) is 0 Å². The zero-order valence-electron chi connectivity index (χ0n) is 14.4. The highest BCUT2D eigenvalue weighted by Gasteiger charge is 2.18. The zero-order chi connectivity index (χ0) is 16.9. The van der Waals surface area contributed by atoms with Crippen molar-refractivity contribution in [3.63, 3.8) is 0 Å². The SMILES string of the molecule is Cc1cc(-c2ccc(CNCCCN3CCCC3=O)o2)ccc1Br.Cl. The van der Waals surface area contributed by atoms with E-state index in [-0.39, 0.29) is 12.4 Å². The number of hydrogen-bond donors (Lipinski definition) is 1. The molecule has 0 radical (unpaired) electrons. The average Bonchev–Trinajstić information content (AvgIpc) is 3.19. The Bertz CT molecular complexity index is 717. The largest absolute Gasteiger partial charge is 0.460 e. The minimum absolute atomic E-state index is 0. The molecule has 25 heavy (non-hydrogen) atoms. The van der Waals surface area contributed by atoms with Crippen LogP contribution in [0.3, 0.4) is 0 Å². The van der Waals surface area contributed by atoms with Crippen molar-refractivity contribution in [3.8, 4) is 11.3 Å². The molecule has 1 aliphatic heterocycles. The first-order chi connectivity index (χ1) is 11.6. The summed E-state index contributed by atoms with van der Waals surface area (Å²) < 4.78 is 7.03. The molecule has 1 amide bonds. The smallest absolute Gasteiger partial charge is 0.222 e. The van der Waals surface area contributed by atoms with E-state index in [2.05, 4.69) is 40.3 Å². The lowest BCUT2D eigenvalue weighted by Crippen LogP contribution is -2.28. The highest BCUT2D eigenvalue weighted by atomic mass is 79.9. The summed E-state index contributed by atoms with van der Waals surface area (Å²) in [6, 6.07) is 10.3. The monoisotopic (exact) mass is 426 g/mol. The maximum Gasteiger partial charge on any atom is 0.222 e. The standard InChI is InChI=1S/C19H23BrN2O2.ClH/c1-14-12-15(5-7-17(14)20)18-8-6-16(24-18)13-21-9-3-11-22-10-2-4-19(22)23;/h5-8,12,21H,2-4,9-11,13H2,1H3;1H. The first-order valence-electron chi connectivity index (χ1n) is 8.47. The third-order valence-corrected chi connectivity index (χ3v) is 5.25. The van der Waals surface area contributed by atoms with Gasteiger partial charge >= 0.3 is 0 Å². The second-order valence-electron chi connectivity index (χ2n) is 6.24. The molecule has 1 aromatic carbocycles. The van der Waals surface area contributed by atoms with E-state index in [0.717, 1.165) is 60.5 Å². The van der Waals surface area contributed by atoms with Crippen molar-refractivity contribution in [2.24, 2.45) is 0 Å². The van der Waals surface area contributed by atoms with Crippen LogP contribution >= 0.6 is 28.3 Å². The van der Waals surface area contributed by atoms with E-state index < -0.39 is 0 Å². The summed E-state index contributed by atoms with van der Waals surface area (Å²) in [5, 5.41) is 3.39. The van der Waals surface area contributed by atoms with E-state index in [4.69, 9.17) is 4.42 Å². The first kappa shape index (κ1) is 20.0. The van der Waals surface area contributed by atoms with E-state index >= 15 is 0 Å². The van der Waals surface area contributed by atoms with Crippen LogP contribution in [0.1, 0.15) is 30.6 Å². The summed E-state index contributed by atoms with van der Waals surface area (Å²) >= 11 is 3.52. The summed E-state index contributed by atoms with van der Waals surface area (Å²) in [4.78, 5) is 13.5. The molecule has 1 saturated heterocycles. The predicted octanol–water partition coefficient (Wildman–Crippen LogP) is 4.54. The molecule has 0 bridgehead atoms. The van der Waals surface area contributed by atoms with Gasteiger partial charge in [0.15, 0.2) is 0 Å². The van der Waals surface area contributed by atoms with Crippen molar-refractivity contribution in [2.45, 2.75) is 32.7 Å². The molecule has 1 aliphatic rings. The van der Waals surface area contributed by atoms with Gasteiger partial charge in [-0.1, -0.05) is 22.0 Å². The fraction of sp³-hybridized carbons (Fsp3) is 0.421. The number of hydrogen-bond acceptors (Lipinski definition) is 3. The van der Waals surface area contributed by atoms with Crippen LogP contribution in [-0.4, -0.2) is 30.4 Å². The van der Waals surface area contributed by atoms with Gasteiger partial charge in [0.25, 0.3) is 0 Å². The number of likely N-dealkylation sites (tertiary alicyclic amines) is 1. The molecule has 1 N–H and O–H groups in total. The van der Waals surface area contributed by atoms with Crippen LogP contribution in [0.15, 0.2) is 39.2 Å². The molecule has 3 rings (SSSR count). The second kappa shape index (κ2) is 9.41.